The van der Waals surface area contributed by atoms with E-state index in [2.05, 4.69) is 6.92 Å². The van der Waals surface area contributed by atoms with E-state index >= 15 is 0 Å². The van der Waals surface area contributed by atoms with E-state index in [9.17, 15) is 5.11 Å². The zero-order valence-corrected chi connectivity index (χ0v) is 10.7. The predicted molar refractivity (Wildman–Crippen MR) is 67.7 cm³/mol. The molecular formula is C14H19ClO. The van der Waals surface area contributed by atoms with Gasteiger partial charge in [-0.2, -0.15) is 0 Å². The van der Waals surface area contributed by atoms with Gasteiger partial charge in [-0.3, -0.25) is 0 Å². The molecule has 1 fully saturated rings. The molecule has 0 atom stereocenters. The van der Waals surface area contributed by atoms with E-state index in [4.69, 9.17) is 11.6 Å². The SMILES string of the molecule is Cc1cc(C2(O)CCC(C)CC2)ccc1Cl. The molecular weight excluding hydrogens is 220 g/mol. The minimum Gasteiger partial charge on any atom is -0.385 e. The van der Waals surface area contributed by atoms with Crippen molar-refractivity contribution in [3.05, 3.63) is 34.3 Å². The van der Waals surface area contributed by atoms with Gasteiger partial charge in [0.25, 0.3) is 0 Å². The Hall–Kier alpha value is -0.530. The summed E-state index contributed by atoms with van der Waals surface area (Å²) in [7, 11) is 0. The summed E-state index contributed by atoms with van der Waals surface area (Å²) in [5, 5.41) is 11.4. The summed E-state index contributed by atoms with van der Waals surface area (Å²) in [6, 6.07) is 5.88. The zero-order chi connectivity index (χ0) is 11.8. The van der Waals surface area contributed by atoms with Crippen LogP contribution in [0.5, 0.6) is 0 Å². The van der Waals surface area contributed by atoms with Gasteiger partial charge in [-0.1, -0.05) is 30.7 Å². The first-order valence-corrected chi connectivity index (χ1v) is 6.38. The van der Waals surface area contributed by atoms with Gasteiger partial charge in [0.2, 0.25) is 0 Å². The standard InChI is InChI=1S/C14H19ClO/c1-10-5-7-14(16,8-6-10)12-3-4-13(15)11(2)9-12/h3-4,9-10,16H,5-8H2,1-2H3. The maximum atomic E-state index is 10.6. The summed E-state index contributed by atoms with van der Waals surface area (Å²) in [6.07, 6.45) is 3.96. The fraction of sp³-hybridized carbons (Fsp3) is 0.571. The average molecular weight is 239 g/mol. The molecule has 0 spiro atoms. The van der Waals surface area contributed by atoms with Crippen molar-refractivity contribution in [2.45, 2.75) is 45.1 Å². The largest absolute Gasteiger partial charge is 0.385 e. The van der Waals surface area contributed by atoms with Crippen molar-refractivity contribution in [2.75, 3.05) is 0 Å². The smallest absolute Gasteiger partial charge is 0.0896 e. The molecule has 1 saturated carbocycles. The van der Waals surface area contributed by atoms with Gasteiger partial charge >= 0.3 is 0 Å². The molecule has 0 amide bonds. The van der Waals surface area contributed by atoms with Crippen LogP contribution in [0.1, 0.15) is 43.7 Å². The fourth-order valence-electron chi connectivity index (χ4n) is 2.46. The van der Waals surface area contributed by atoms with Crippen molar-refractivity contribution in [1.82, 2.24) is 0 Å². The molecule has 1 aliphatic rings. The molecule has 0 aliphatic heterocycles. The lowest BCUT2D eigenvalue weighted by Gasteiger charge is -2.35. The molecule has 2 heteroatoms. The Morgan fingerprint density at radius 2 is 1.94 bits per heavy atom. The van der Waals surface area contributed by atoms with Crippen molar-refractivity contribution in [1.29, 1.82) is 0 Å². The molecule has 2 rings (SSSR count). The molecule has 0 bridgehead atoms. The minimum atomic E-state index is -0.623. The van der Waals surface area contributed by atoms with Crippen molar-refractivity contribution in [3.8, 4) is 0 Å². The maximum absolute atomic E-state index is 10.6. The number of hydrogen-bond donors (Lipinski definition) is 1. The Bertz CT molecular complexity index is 378. The number of rotatable bonds is 1. The van der Waals surface area contributed by atoms with Crippen LogP contribution in [0.4, 0.5) is 0 Å². The van der Waals surface area contributed by atoms with Crippen LogP contribution in [0.2, 0.25) is 5.02 Å². The fourth-order valence-corrected chi connectivity index (χ4v) is 2.58. The van der Waals surface area contributed by atoms with Gasteiger partial charge in [0.05, 0.1) is 5.60 Å². The van der Waals surface area contributed by atoms with Crippen LogP contribution in [0.15, 0.2) is 18.2 Å². The minimum absolute atomic E-state index is 0.623. The van der Waals surface area contributed by atoms with E-state index in [1.165, 1.54) is 0 Å². The predicted octanol–water partition coefficient (Wildman–Crippen LogP) is 4.05. The molecule has 0 heterocycles. The van der Waals surface area contributed by atoms with Gasteiger partial charge in [0.15, 0.2) is 0 Å². The van der Waals surface area contributed by atoms with E-state index < -0.39 is 5.60 Å². The second-order valence-electron chi connectivity index (χ2n) is 5.18. The lowest BCUT2D eigenvalue weighted by atomic mass is 9.75. The number of halogens is 1. The summed E-state index contributed by atoms with van der Waals surface area (Å²) in [5.41, 5.74) is 1.45. The Labute approximate surface area is 102 Å². The lowest BCUT2D eigenvalue weighted by Crippen LogP contribution is -2.30. The highest BCUT2D eigenvalue weighted by Crippen LogP contribution is 2.39. The first kappa shape index (κ1) is 11.9. The Balaban J connectivity index is 2.25. The molecule has 1 aromatic rings. The average Bonchev–Trinajstić information content (AvgIpc) is 2.26. The Morgan fingerprint density at radius 1 is 1.31 bits per heavy atom. The summed E-state index contributed by atoms with van der Waals surface area (Å²) in [5.74, 6) is 0.744. The van der Waals surface area contributed by atoms with Gasteiger partial charge in [-0.25, -0.2) is 0 Å². The molecule has 0 radical (unpaired) electrons. The van der Waals surface area contributed by atoms with Crippen LogP contribution in [0.25, 0.3) is 0 Å². The molecule has 16 heavy (non-hydrogen) atoms. The highest BCUT2D eigenvalue weighted by molar-refractivity contribution is 6.31. The molecule has 0 aromatic heterocycles. The molecule has 1 aromatic carbocycles. The quantitative estimate of drug-likeness (QED) is 0.783. The molecule has 88 valence electrons. The number of aryl methyl sites for hydroxylation is 1. The summed E-state index contributed by atoms with van der Waals surface area (Å²) in [6.45, 7) is 4.24. The number of hydrogen-bond acceptors (Lipinski definition) is 1. The Kier molecular flexibility index (Phi) is 3.27. The zero-order valence-electron chi connectivity index (χ0n) is 9.96. The van der Waals surface area contributed by atoms with E-state index in [0.717, 1.165) is 47.8 Å². The van der Waals surface area contributed by atoms with E-state index in [1.54, 1.807) is 0 Å². The van der Waals surface area contributed by atoms with Crippen molar-refractivity contribution >= 4 is 11.6 Å². The Morgan fingerprint density at radius 3 is 2.50 bits per heavy atom. The molecule has 0 saturated heterocycles. The number of aliphatic hydroxyl groups is 1. The van der Waals surface area contributed by atoms with Crippen LogP contribution in [0.3, 0.4) is 0 Å². The van der Waals surface area contributed by atoms with E-state index in [-0.39, 0.29) is 0 Å². The summed E-state index contributed by atoms with van der Waals surface area (Å²) < 4.78 is 0. The normalized spacial score (nSPS) is 30.4. The first-order chi connectivity index (χ1) is 7.51. The maximum Gasteiger partial charge on any atom is 0.0896 e. The molecule has 1 aliphatic carbocycles. The van der Waals surface area contributed by atoms with Crippen LogP contribution in [-0.4, -0.2) is 5.11 Å². The monoisotopic (exact) mass is 238 g/mol. The van der Waals surface area contributed by atoms with Gasteiger partial charge in [-0.05, 0) is 55.7 Å². The molecule has 1 N–H and O–H groups in total. The van der Waals surface area contributed by atoms with Gasteiger partial charge in [0, 0.05) is 5.02 Å². The highest BCUT2D eigenvalue weighted by Gasteiger charge is 2.33. The van der Waals surface area contributed by atoms with Crippen LogP contribution in [-0.2, 0) is 5.60 Å². The topological polar surface area (TPSA) is 20.2 Å². The van der Waals surface area contributed by atoms with Gasteiger partial charge in [0.1, 0.15) is 0 Å². The van der Waals surface area contributed by atoms with E-state index in [0.29, 0.717) is 0 Å². The van der Waals surface area contributed by atoms with Crippen molar-refractivity contribution < 1.29 is 5.11 Å². The van der Waals surface area contributed by atoms with Crippen LogP contribution < -0.4 is 0 Å². The third-order valence-corrected chi connectivity index (χ3v) is 4.22. The van der Waals surface area contributed by atoms with Crippen molar-refractivity contribution in [3.63, 3.8) is 0 Å². The van der Waals surface area contributed by atoms with Crippen molar-refractivity contribution in [2.24, 2.45) is 5.92 Å². The van der Waals surface area contributed by atoms with E-state index in [1.807, 2.05) is 25.1 Å². The first-order valence-electron chi connectivity index (χ1n) is 6.00. The third kappa shape index (κ3) is 2.26. The third-order valence-electron chi connectivity index (χ3n) is 3.80. The summed E-state index contributed by atoms with van der Waals surface area (Å²) in [4.78, 5) is 0. The highest BCUT2D eigenvalue weighted by atomic mass is 35.5. The van der Waals surface area contributed by atoms with Gasteiger partial charge in [-0.15, -0.1) is 0 Å². The van der Waals surface area contributed by atoms with Crippen LogP contribution in [0, 0.1) is 12.8 Å². The second-order valence-corrected chi connectivity index (χ2v) is 5.59. The summed E-state index contributed by atoms with van der Waals surface area (Å²) >= 11 is 6.01. The van der Waals surface area contributed by atoms with Gasteiger partial charge < -0.3 is 5.11 Å². The second kappa shape index (κ2) is 4.38. The lowest BCUT2D eigenvalue weighted by molar-refractivity contribution is -0.0120. The van der Waals surface area contributed by atoms with Crippen LogP contribution >= 0.6 is 11.6 Å². The molecule has 1 nitrogen and oxygen atoms in total. The number of benzene rings is 1. The molecule has 0 unspecified atom stereocenters.